The molecule has 0 saturated heterocycles. The third-order valence-corrected chi connectivity index (χ3v) is 1.56. The van der Waals surface area contributed by atoms with E-state index in [1.807, 2.05) is 0 Å². The Morgan fingerprint density at radius 1 is 1.47 bits per heavy atom. The van der Waals surface area contributed by atoms with E-state index in [0.29, 0.717) is 0 Å². The van der Waals surface area contributed by atoms with Crippen LogP contribution in [0.25, 0.3) is 0 Å². The van der Waals surface area contributed by atoms with Crippen molar-refractivity contribution in [1.29, 1.82) is 0 Å². The van der Waals surface area contributed by atoms with Gasteiger partial charge in [0.25, 0.3) is 0 Å². The van der Waals surface area contributed by atoms with Crippen molar-refractivity contribution in [2.24, 2.45) is 0 Å². The largest absolute Gasteiger partial charge is 0.462 e. The molecule has 0 bridgehead atoms. The number of hydrogen-bond acceptors (Lipinski definition) is 2. The van der Waals surface area contributed by atoms with Crippen molar-refractivity contribution in [3.05, 3.63) is 12.2 Å². The molecule has 88 valence electrons. The van der Waals surface area contributed by atoms with Crippen molar-refractivity contribution in [3.63, 3.8) is 0 Å². The van der Waals surface area contributed by atoms with E-state index in [0.717, 1.165) is 0 Å². The fourth-order valence-electron chi connectivity index (χ4n) is 0.705. The average Bonchev–Trinajstić information content (AvgIpc) is 2.11. The summed E-state index contributed by atoms with van der Waals surface area (Å²) in [6, 6.07) is 0. The van der Waals surface area contributed by atoms with Crippen LogP contribution < -0.4 is 0 Å². The molecule has 0 aromatic heterocycles. The summed E-state index contributed by atoms with van der Waals surface area (Å²) >= 11 is 0. The maximum Gasteiger partial charge on any atom is 0.333 e. The molecule has 15 heavy (non-hydrogen) atoms. The average molecular weight is 228 g/mol. The Labute approximate surface area is 84.9 Å². The van der Waals surface area contributed by atoms with Gasteiger partial charge in [-0.25, -0.2) is 22.4 Å². The second-order valence-corrected chi connectivity index (χ2v) is 3.08. The van der Waals surface area contributed by atoms with E-state index in [1.165, 1.54) is 6.92 Å². The van der Waals surface area contributed by atoms with Gasteiger partial charge in [-0.15, -0.1) is 0 Å². The molecule has 0 aromatic carbocycles. The Hall–Kier alpha value is -1.07. The first-order chi connectivity index (χ1) is 6.77. The van der Waals surface area contributed by atoms with Crippen molar-refractivity contribution in [2.45, 2.75) is 32.1 Å². The Balaban J connectivity index is 3.72. The second-order valence-electron chi connectivity index (χ2n) is 3.08. The van der Waals surface area contributed by atoms with Crippen LogP contribution in [0, 0.1) is 0 Å². The summed E-state index contributed by atoms with van der Waals surface area (Å²) in [7, 11) is 0. The summed E-state index contributed by atoms with van der Waals surface area (Å²) in [6.45, 7) is 4.36. The molecule has 0 amide bonds. The highest BCUT2D eigenvalue weighted by Crippen LogP contribution is 2.27. The molecule has 0 unspecified atom stereocenters. The fraction of sp³-hybridized carbons (Fsp3) is 0.667. The number of carbonyl (C=O) groups is 1. The van der Waals surface area contributed by atoms with Crippen LogP contribution in [0.5, 0.6) is 0 Å². The zero-order valence-electron chi connectivity index (χ0n) is 8.23. The van der Waals surface area contributed by atoms with Gasteiger partial charge in [-0.2, -0.15) is 0 Å². The molecule has 0 aliphatic rings. The molecule has 0 saturated carbocycles. The van der Waals surface area contributed by atoms with Crippen LogP contribution in [-0.2, 0) is 9.53 Å². The molecule has 0 fully saturated rings. The molecule has 0 radical (unpaired) electrons. The Kier molecular flexibility index (Phi) is 5.32. The summed E-state index contributed by atoms with van der Waals surface area (Å²) in [4.78, 5) is 10.7. The number of ether oxygens (including phenoxy) is 1. The molecule has 0 atom stereocenters. The summed E-state index contributed by atoms with van der Waals surface area (Å²) in [5.74, 6) is -4.73. The highest BCUT2D eigenvalue weighted by atomic mass is 19.3. The summed E-state index contributed by atoms with van der Waals surface area (Å²) in [6.07, 6.45) is -5.00. The topological polar surface area (TPSA) is 26.3 Å². The lowest BCUT2D eigenvalue weighted by molar-refractivity contribution is -0.144. The number of carbonyl (C=O) groups excluding carboxylic acids is 1. The van der Waals surface area contributed by atoms with Gasteiger partial charge in [0.05, 0.1) is 6.61 Å². The van der Waals surface area contributed by atoms with Gasteiger partial charge in [-0.1, -0.05) is 6.58 Å². The lowest BCUT2D eigenvalue weighted by Gasteiger charge is -2.14. The molecule has 0 rings (SSSR count). The van der Waals surface area contributed by atoms with Crippen LogP contribution in [-0.4, -0.2) is 24.9 Å². The van der Waals surface area contributed by atoms with Crippen LogP contribution >= 0.6 is 0 Å². The van der Waals surface area contributed by atoms with Gasteiger partial charge in [0, 0.05) is 12.0 Å². The minimum atomic E-state index is -4.02. The molecule has 0 spiro atoms. The molecular formula is C9H12F4O2. The van der Waals surface area contributed by atoms with E-state index < -0.39 is 24.7 Å². The van der Waals surface area contributed by atoms with Crippen LogP contribution in [0.1, 0.15) is 19.8 Å². The number of esters is 1. The molecule has 6 heteroatoms. The Morgan fingerprint density at radius 2 is 2.00 bits per heavy atom. The predicted molar refractivity (Wildman–Crippen MR) is 46.0 cm³/mol. The van der Waals surface area contributed by atoms with Crippen molar-refractivity contribution in [1.82, 2.24) is 0 Å². The fourth-order valence-corrected chi connectivity index (χ4v) is 0.705. The minimum absolute atomic E-state index is 0.135. The molecule has 0 aliphatic carbocycles. The zero-order chi connectivity index (χ0) is 12.1. The van der Waals surface area contributed by atoms with E-state index >= 15 is 0 Å². The first kappa shape index (κ1) is 13.9. The van der Waals surface area contributed by atoms with Crippen LogP contribution in [0.4, 0.5) is 17.6 Å². The highest BCUT2D eigenvalue weighted by molar-refractivity contribution is 5.86. The normalized spacial score (nSPS) is 11.6. The van der Waals surface area contributed by atoms with Crippen molar-refractivity contribution in [2.75, 3.05) is 6.61 Å². The second kappa shape index (κ2) is 5.72. The quantitative estimate of drug-likeness (QED) is 0.302. The van der Waals surface area contributed by atoms with Gasteiger partial charge in [0.1, 0.15) is 0 Å². The van der Waals surface area contributed by atoms with E-state index in [9.17, 15) is 22.4 Å². The predicted octanol–water partition coefficient (Wildman–Crippen LogP) is 2.79. The maximum absolute atomic E-state index is 12.3. The van der Waals surface area contributed by atoms with Gasteiger partial charge < -0.3 is 4.74 Å². The van der Waals surface area contributed by atoms with Crippen molar-refractivity contribution in [3.8, 4) is 0 Å². The van der Waals surface area contributed by atoms with E-state index in [1.54, 1.807) is 0 Å². The zero-order valence-corrected chi connectivity index (χ0v) is 8.23. The minimum Gasteiger partial charge on any atom is -0.462 e. The van der Waals surface area contributed by atoms with Gasteiger partial charge in [-0.05, 0) is 13.3 Å². The number of halogens is 4. The smallest absolute Gasteiger partial charge is 0.333 e. The Morgan fingerprint density at radius 3 is 2.40 bits per heavy atom. The standard InChI is InChI=1S/C9H12F4O2/c1-6(2)7(14)15-5-3-4-9(12,13)8(10)11/h8H,1,3-5H2,2H3. The van der Waals surface area contributed by atoms with E-state index in [2.05, 4.69) is 11.3 Å². The number of rotatable bonds is 6. The van der Waals surface area contributed by atoms with Crippen molar-refractivity contribution < 1.29 is 27.1 Å². The maximum atomic E-state index is 12.3. The molecule has 0 N–H and O–H groups in total. The van der Waals surface area contributed by atoms with E-state index in [-0.39, 0.29) is 18.6 Å². The van der Waals surface area contributed by atoms with Gasteiger partial charge in [0.2, 0.25) is 0 Å². The molecule has 0 aromatic rings. The molecular weight excluding hydrogens is 216 g/mol. The Bertz CT molecular complexity index is 238. The third kappa shape index (κ3) is 5.39. The lowest BCUT2D eigenvalue weighted by Crippen LogP contribution is -2.26. The first-order valence-electron chi connectivity index (χ1n) is 4.26. The van der Waals surface area contributed by atoms with Gasteiger partial charge >= 0.3 is 18.3 Å². The van der Waals surface area contributed by atoms with Crippen LogP contribution in [0.3, 0.4) is 0 Å². The summed E-state index contributed by atoms with van der Waals surface area (Å²) in [5.41, 5.74) is 0.135. The van der Waals surface area contributed by atoms with Crippen molar-refractivity contribution >= 4 is 5.97 Å². The third-order valence-electron chi connectivity index (χ3n) is 1.56. The summed E-state index contributed by atoms with van der Waals surface area (Å²) < 4.78 is 52.4. The van der Waals surface area contributed by atoms with Crippen LogP contribution in [0.2, 0.25) is 0 Å². The molecule has 0 heterocycles. The molecule has 2 nitrogen and oxygen atoms in total. The molecule has 0 aliphatic heterocycles. The summed E-state index contributed by atoms with van der Waals surface area (Å²) in [5, 5.41) is 0. The lowest BCUT2D eigenvalue weighted by atomic mass is 10.2. The van der Waals surface area contributed by atoms with Gasteiger partial charge in [0.15, 0.2) is 0 Å². The monoisotopic (exact) mass is 228 g/mol. The van der Waals surface area contributed by atoms with Crippen LogP contribution in [0.15, 0.2) is 12.2 Å². The van der Waals surface area contributed by atoms with E-state index in [4.69, 9.17) is 0 Å². The SMILES string of the molecule is C=C(C)C(=O)OCCCC(F)(F)C(F)F. The number of hydrogen-bond donors (Lipinski definition) is 0. The van der Waals surface area contributed by atoms with Gasteiger partial charge in [-0.3, -0.25) is 0 Å². The highest BCUT2D eigenvalue weighted by Gasteiger charge is 2.39. The number of alkyl halides is 4. The first-order valence-corrected chi connectivity index (χ1v) is 4.26.